The number of nitrogens with zero attached hydrogens (tertiary/aromatic N) is 1. The molecule has 0 fully saturated rings. The molecular weight excluding hydrogens is 260 g/mol. The number of nitrogen functional groups attached to an aromatic ring is 1. The first-order chi connectivity index (χ1) is 9.68. The van der Waals surface area contributed by atoms with Crippen LogP contribution in [0.2, 0.25) is 0 Å². The summed E-state index contributed by atoms with van der Waals surface area (Å²) in [7, 11) is 0. The third-order valence-corrected chi connectivity index (χ3v) is 3.08. The van der Waals surface area contributed by atoms with E-state index in [9.17, 15) is 8.78 Å². The van der Waals surface area contributed by atoms with E-state index in [1.807, 2.05) is 30.3 Å². The summed E-state index contributed by atoms with van der Waals surface area (Å²) in [5.41, 5.74) is 7.67. The summed E-state index contributed by atoms with van der Waals surface area (Å²) in [5, 5.41) is 6.58. The molecule has 0 unspecified atom stereocenters. The summed E-state index contributed by atoms with van der Waals surface area (Å²) in [6.45, 7) is 0. The van der Waals surface area contributed by atoms with Crippen molar-refractivity contribution in [3.05, 3.63) is 60.2 Å². The SMILES string of the molecule is Nc1n[nH]c(-c2cccc(F)c2F)c1-c1ccccc1. The van der Waals surface area contributed by atoms with Crippen molar-refractivity contribution in [2.75, 3.05) is 5.73 Å². The lowest BCUT2D eigenvalue weighted by Gasteiger charge is -2.06. The number of aromatic nitrogens is 2. The normalized spacial score (nSPS) is 10.7. The van der Waals surface area contributed by atoms with Gasteiger partial charge in [-0.15, -0.1) is 0 Å². The molecule has 1 heterocycles. The van der Waals surface area contributed by atoms with Gasteiger partial charge in [0.2, 0.25) is 0 Å². The molecule has 0 bridgehead atoms. The molecule has 20 heavy (non-hydrogen) atoms. The average Bonchev–Trinajstić information content (AvgIpc) is 2.84. The Morgan fingerprint density at radius 2 is 1.70 bits per heavy atom. The number of nitrogens with one attached hydrogen (secondary N) is 1. The van der Waals surface area contributed by atoms with Crippen molar-refractivity contribution in [3.63, 3.8) is 0 Å². The zero-order valence-electron chi connectivity index (χ0n) is 10.4. The van der Waals surface area contributed by atoms with E-state index in [-0.39, 0.29) is 11.4 Å². The number of benzene rings is 2. The maximum atomic E-state index is 13.9. The predicted molar refractivity (Wildman–Crippen MR) is 73.8 cm³/mol. The van der Waals surface area contributed by atoms with E-state index < -0.39 is 11.6 Å². The topological polar surface area (TPSA) is 54.7 Å². The molecule has 100 valence electrons. The van der Waals surface area contributed by atoms with E-state index in [1.165, 1.54) is 12.1 Å². The number of hydrogen-bond acceptors (Lipinski definition) is 2. The summed E-state index contributed by atoms with van der Waals surface area (Å²) >= 11 is 0. The quantitative estimate of drug-likeness (QED) is 0.748. The lowest BCUT2D eigenvalue weighted by molar-refractivity contribution is 0.511. The van der Waals surface area contributed by atoms with Crippen LogP contribution in [0.25, 0.3) is 22.4 Å². The zero-order valence-corrected chi connectivity index (χ0v) is 10.4. The van der Waals surface area contributed by atoms with Crippen LogP contribution in [0.3, 0.4) is 0 Å². The number of anilines is 1. The van der Waals surface area contributed by atoms with Crippen LogP contribution in [0, 0.1) is 11.6 Å². The highest BCUT2D eigenvalue weighted by Gasteiger charge is 2.18. The first-order valence-corrected chi connectivity index (χ1v) is 6.02. The fourth-order valence-electron chi connectivity index (χ4n) is 2.14. The highest BCUT2D eigenvalue weighted by atomic mass is 19.2. The molecule has 5 heteroatoms. The second-order valence-corrected chi connectivity index (χ2v) is 4.33. The molecule has 2 aromatic carbocycles. The fourth-order valence-corrected chi connectivity index (χ4v) is 2.14. The van der Waals surface area contributed by atoms with Crippen molar-refractivity contribution in [1.82, 2.24) is 10.2 Å². The molecule has 0 aliphatic carbocycles. The minimum atomic E-state index is -0.923. The van der Waals surface area contributed by atoms with Crippen LogP contribution in [0.4, 0.5) is 14.6 Å². The van der Waals surface area contributed by atoms with Crippen LogP contribution in [0.1, 0.15) is 0 Å². The summed E-state index contributed by atoms with van der Waals surface area (Å²) in [6.07, 6.45) is 0. The third kappa shape index (κ3) is 1.93. The Hall–Kier alpha value is -2.69. The van der Waals surface area contributed by atoms with E-state index >= 15 is 0 Å². The van der Waals surface area contributed by atoms with Crippen LogP contribution in [0.5, 0.6) is 0 Å². The molecule has 3 N–H and O–H groups in total. The summed E-state index contributed by atoms with van der Waals surface area (Å²) < 4.78 is 27.3. The Balaban J connectivity index is 2.24. The van der Waals surface area contributed by atoms with Crippen LogP contribution in [-0.2, 0) is 0 Å². The number of hydrogen-bond donors (Lipinski definition) is 2. The molecule has 0 radical (unpaired) electrons. The molecule has 0 aliphatic heterocycles. The van der Waals surface area contributed by atoms with E-state index in [1.54, 1.807) is 0 Å². The van der Waals surface area contributed by atoms with E-state index in [0.29, 0.717) is 11.3 Å². The Kier molecular flexibility index (Phi) is 2.95. The molecule has 0 saturated carbocycles. The van der Waals surface area contributed by atoms with Gasteiger partial charge < -0.3 is 5.73 Å². The lowest BCUT2D eigenvalue weighted by Crippen LogP contribution is -1.92. The summed E-state index contributed by atoms with van der Waals surface area (Å²) in [6, 6.07) is 13.2. The monoisotopic (exact) mass is 271 g/mol. The lowest BCUT2D eigenvalue weighted by atomic mass is 10.0. The number of rotatable bonds is 2. The largest absolute Gasteiger partial charge is 0.382 e. The Labute approximate surface area is 114 Å². The van der Waals surface area contributed by atoms with Crippen molar-refractivity contribution < 1.29 is 8.78 Å². The van der Waals surface area contributed by atoms with Gasteiger partial charge in [-0.1, -0.05) is 36.4 Å². The molecule has 3 aromatic rings. The van der Waals surface area contributed by atoms with Gasteiger partial charge in [-0.2, -0.15) is 5.10 Å². The van der Waals surface area contributed by atoms with Gasteiger partial charge in [-0.25, -0.2) is 8.78 Å². The molecular formula is C15H11F2N3. The summed E-state index contributed by atoms with van der Waals surface area (Å²) in [4.78, 5) is 0. The van der Waals surface area contributed by atoms with Crippen LogP contribution in [-0.4, -0.2) is 10.2 Å². The van der Waals surface area contributed by atoms with Gasteiger partial charge in [-0.05, 0) is 17.7 Å². The predicted octanol–water partition coefficient (Wildman–Crippen LogP) is 3.60. The summed E-state index contributed by atoms with van der Waals surface area (Å²) in [5.74, 6) is -1.59. The Morgan fingerprint density at radius 3 is 2.45 bits per heavy atom. The van der Waals surface area contributed by atoms with Crippen molar-refractivity contribution in [2.45, 2.75) is 0 Å². The molecule has 1 aromatic heterocycles. The zero-order chi connectivity index (χ0) is 14.1. The standard InChI is InChI=1S/C15H11F2N3/c16-11-8-4-7-10(13(11)17)14-12(15(18)20-19-14)9-5-2-1-3-6-9/h1-8H,(H3,18,19,20). The van der Waals surface area contributed by atoms with Gasteiger partial charge in [0.15, 0.2) is 17.5 Å². The van der Waals surface area contributed by atoms with Gasteiger partial charge in [0.25, 0.3) is 0 Å². The average molecular weight is 271 g/mol. The number of halogens is 2. The second kappa shape index (κ2) is 4.77. The van der Waals surface area contributed by atoms with E-state index in [0.717, 1.165) is 11.6 Å². The maximum Gasteiger partial charge on any atom is 0.168 e. The van der Waals surface area contributed by atoms with Gasteiger partial charge >= 0.3 is 0 Å². The molecule has 0 saturated heterocycles. The van der Waals surface area contributed by atoms with Gasteiger partial charge in [0.05, 0.1) is 11.3 Å². The number of H-pyrrole nitrogens is 1. The highest BCUT2D eigenvalue weighted by molar-refractivity contribution is 5.87. The molecule has 0 spiro atoms. The fraction of sp³-hybridized carbons (Fsp3) is 0. The van der Waals surface area contributed by atoms with Crippen molar-refractivity contribution in [3.8, 4) is 22.4 Å². The Morgan fingerprint density at radius 1 is 0.950 bits per heavy atom. The minimum Gasteiger partial charge on any atom is -0.382 e. The highest BCUT2D eigenvalue weighted by Crippen LogP contribution is 2.35. The van der Waals surface area contributed by atoms with Crippen LogP contribution in [0.15, 0.2) is 48.5 Å². The molecule has 3 rings (SSSR count). The van der Waals surface area contributed by atoms with Crippen molar-refractivity contribution in [1.29, 1.82) is 0 Å². The van der Waals surface area contributed by atoms with Crippen LogP contribution >= 0.6 is 0 Å². The maximum absolute atomic E-state index is 13.9. The third-order valence-electron chi connectivity index (χ3n) is 3.08. The van der Waals surface area contributed by atoms with Crippen molar-refractivity contribution in [2.24, 2.45) is 0 Å². The molecule has 3 nitrogen and oxygen atoms in total. The smallest absolute Gasteiger partial charge is 0.168 e. The van der Waals surface area contributed by atoms with Crippen molar-refractivity contribution >= 4 is 5.82 Å². The first kappa shape index (κ1) is 12.3. The minimum absolute atomic E-state index is 0.105. The number of nitrogens with two attached hydrogens (primary N) is 1. The number of aromatic amines is 1. The second-order valence-electron chi connectivity index (χ2n) is 4.33. The van der Waals surface area contributed by atoms with Gasteiger partial charge in [0, 0.05) is 5.56 Å². The van der Waals surface area contributed by atoms with E-state index in [4.69, 9.17) is 5.73 Å². The van der Waals surface area contributed by atoms with Gasteiger partial charge in [0.1, 0.15) is 0 Å². The molecule has 0 amide bonds. The first-order valence-electron chi connectivity index (χ1n) is 6.02. The van der Waals surface area contributed by atoms with Crippen LogP contribution < -0.4 is 5.73 Å². The van der Waals surface area contributed by atoms with Gasteiger partial charge in [-0.3, -0.25) is 5.10 Å². The Bertz CT molecular complexity index is 751. The van der Waals surface area contributed by atoms with E-state index in [2.05, 4.69) is 10.2 Å². The molecule has 0 atom stereocenters. The molecule has 0 aliphatic rings.